The second-order valence-corrected chi connectivity index (χ2v) is 8.58. The largest absolute Gasteiger partial charge is 0.370 e. The van der Waals surface area contributed by atoms with Crippen molar-refractivity contribution in [3.05, 3.63) is 69.7 Å². The highest BCUT2D eigenvalue weighted by Gasteiger charge is 2.22. The summed E-state index contributed by atoms with van der Waals surface area (Å²) in [4.78, 5) is 21.3. The van der Waals surface area contributed by atoms with E-state index in [0.717, 1.165) is 46.3 Å². The molecule has 0 spiro atoms. The first kappa shape index (κ1) is 17.2. The van der Waals surface area contributed by atoms with Crippen LogP contribution in [0, 0.1) is 5.92 Å². The Kier molecular flexibility index (Phi) is 4.05. The standard InChI is InChI=1S/C21H21N5OS/c1-13-11-25(12-13)16-4-6-20(22-10-16)26-8-7-17(24-26)14(2)15-3-5-18-19(9-15)28-21(27)23-18/h3-10,13-14H,11-12H2,1-2H3,(H,23,27). The van der Waals surface area contributed by atoms with Gasteiger partial charge in [0.1, 0.15) is 0 Å². The molecular weight excluding hydrogens is 370 g/mol. The maximum absolute atomic E-state index is 11.5. The molecule has 28 heavy (non-hydrogen) atoms. The fraction of sp³-hybridized carbons (Fsp3) is 0.286. The van der Waals surface area contributed by atoms with E-state index in [0.29, 0.717) is 0 Å². The summed E-state index contributed by atoms with van der Waals surface area (Å²) >= 11 is 1.24. The van der Waals surface area contributed by atoms with Gasteiger partial charge in [-0.05, 0) is 41.8 Å². The number of benzene rings is 1. The van der Waals surface area contributed by atoms with E-state index in [4.69, 9.17) is 5.10 Å². The third kappa shape index (κ3) is 3.01. The van der Waals surface area contributed by atoms with Gasteiger partial charge in [-0.25, -0.2) is 9.67 Å². The molecule has 0 saturated carbocycles. The Balaban J connectivity index is 1.38. The number of anilines is 1. The van der Waals surface area contributed by atoms with Crippen molar-refractivity contribution in [3.63, 3.8) is 0 Å². The highest BCUT2D eigenvalue weighted by molar-refractivity contribution is 7.16. The number of aromatic nitrogens is 4. The van der Waals surface area contributed by atoms with Crippen LogP contribution in [0.25, 0.3) is 16.0 Å². The molecule has 0 aliphatic carbocycles. The lowest BCUT2D eigenvalue weighted by atomic mass is 9.98. The van der Waals surface area contributed by atoms with Crippen molar-refractivity contribution in [1.29, 1.82) is 0 Å². The second kappa shape index (κ2) is 6.60. The maximum Gasteiger partial charge on any atom is 0.305 e. The van der Waals surface area contributed by atoms with Gasteiger partial charge in [0.2, 0.25) is 0 Å². The van der Waals surface area contributed by atoms with E-state index >= 15 is 0 Å². The lowest BCUT2D eigenvalue weighted by Crippen LogP contribution is -2.45. The van der Waals surface area contributed by atoms with Crippen molar-refractivity contribution in [1.82, 2.24) is 19.7 Å². The zero-order valence-electron chi connectivity index (χ0n) is 15.8. The first-order valence-corrected chi connectivity index (χ1v) is 10.3. The number of hydrogen-bond acceptors (Lipinski definition) is 5. The number of pyridine rings is 1. The first-order chi connectivity index (χ1) is 13.6. The maximum atomic E-state index is 11.5. The van der Waals surface area contributed by atoms with E-state index < -0.39 is 0 Å². The minimum Gasteiger partial charge on any atom is -0.370 e. The van der Waals surface area contributed by atoms with Crippen molar-refractivity contribution in [2.75, 3.05) is 18.0 Å². The molecule has 3 aromatic heterocycles. The number of fused-ring (bicyclic) bond motifs is 1. The quantitative estimate of drug-likeness (QED) is 0.575. The minimum absolute atomic E-state index is 0.0220. The van der Waals surface area contributed by atoms with Crippen LogP contribution in [0.1, 0.15) is 31.0 Å². The zero-order chi connectivity index (χ0) is 19.3. The lowest BCUT2D eigenvalue weighted by molar-refractivity contribution is 0.447. The Morgan fingerprint density at radius 3 is 2.82 bits per heavy atom. The van der Waals surface area contributed by atoms with E-state index in [1.54, 1.807) is 0 Å². The summed E-state index contributed by atoms with van der Waals surface area (Å²) in [5, 5.41) is 4.74. The van der Waals surface area contributed by atoms with Crippen LogP contribution in [0.4, 0.5) is 5.69 Å². The van der Waals surface area contributed by atoms with E-state index in [1.807, 2.05) is 35.3 Å². The fourth-order valence-electron chi connectivity index (χ4n) is 3.71. The van der Waals surface area contributed by atoms with Crippen LogP contribution in [0.2, 0.25) is 0 Å². The highest BCUT2D eigenvalue weighted by atomic mass is 32.1. The smallest absolute Gasteiger partial charge is 0.305 e. The number of nitrogens with one attached hydrogen (secondary N) is 1. The third-order valence-electron chi connectivity index (χ3n) is 5.39. The monoisotopic (exact) mass is 391 g/mol. The predicted molar refractivity (Wildman–Crippen MR) is 113 cm³/mol. The molecule has 7 heteroatoms. The van der Waals surface area contributed by atoms with Crippen molar-refractivity contribution < 1.29 is 0 Å². The van der Waals surface area contributed by atoms with Gasteiger partial charge in [-0.2, -0.15) is 5.10 Å². The molecule has 1 aliphatic rings. The van der Waals surface area contributed by atoms with Crippen LogP contribution in [0.5, 0.6) is 0 Å². The summed E-state index contributed by atoms with van der Waals surface area (Å²) < 4.78 is 2.80. The molecule has 1 saturated heterocycles. The Morgan fingerprint density at radius 2 is 2.07 bits per heavy atom. The minimum atomic E-state index is -0.0220. The normalized spacial score (nSPS) is 15.7. The summed E-state index contributed by atoms with van der Waals surface area (Å²) in [6.45, 7) is 6.60. The predicted octanol–water partition coefficient (Wildman–Crippen LogP) is 3.78. The van der Waals surface area contributed by atoms with Crippen LogP contribution in [-0.2, 0) is 0 Å². The van der Waals surface area contributed by atoms with E-state index in [2.05, 4.69) is 46.9 Å². The number of hydrogen-bond donors (Lipinski definition) is 1. The van der Waals surface area contributed by atoms with Gasteiger partial charge in [-0.3, -0.25) is 4.79 Å². The SMILES string of the molecule is CC1CN(c2ccc(-n3ccc(C(C)c4ccc5[nH]c(=O)sc5c4)n3)nc2)C1. The van der Waals surface area contributed by atoms with Crippen molar-refractivity contribution >= 4 is 27.2 Å². The van der Waals surface area contributed by atoms with E-state index in [9.17, 15) is 4.79 Å². The van der Waals surface area contributed by atoms with Crippen molar-refractivity contribution in [2.24, 2.45) is 5.92 Å². The summed E-state index contributed by atoms with van der Waals surface area (Å²) in [6, 6.07) is 12.2. The van der Waals surface area contributed by atoms with Crippen LogP contribution in [-0.4, -0.2) is 32.8 Å². The van der Waals surface area contributed by atoms with Gasteiger partial charge in [0.25, 0.3) is 0 Å². The molecule has 0 radical (unpaired) electrons. The molecule has 5 rings (SSSR count). The van der Waals surface area contributed by atoms with E-state index in [-0.39, 0.29) is 10.8 Å². The van der Waals surface area contributed by atoms with Gasteiger partial charge in [0, 0.05) is 25.2 Å². The van der Waals surface area contributed by atoms with Gasteiger partial charge in [0.05, 0.1) is 27.8 Å². The number of rotatable bonds is 4. The molecule has 6 nitrogen and oxygen atoms in total. The van der Waals surface area contributed by atoms with Crippen LogP contribution in [0.3, 0.4) is 0 Å². The Morgan fingerprint density at radius 1 is 1.21 bits per heavy atom. The summed E-state index contributed by atoms with van der Waals surface area (Å²) in [5.74, 6) is 1.71. The molecular formula is C21H21N5OS. The fourth-order valence-corrected chi connectivity index (χ4v) is 4.49. The average molecular weight is 392 g/mol. The van der Waals surface area contributed by atoms with Gasteiger partial charge < -0.3 is 9.88 Å². The summed E-state index contributed by atoms with van der Waals surface area (Å²) in [7, 11) is 0. The van der Waals surface area contributed by atoms with Gasteiger partial charge in [0.15, 0.2) is 5.82 Å². The van der Waals surface area contributed by atoms with Crippen LogP contribution >= 0.6 is 11.3 Å². The third-order valence-corrected chi connectivity index (χ3v) is 6.24. The molecule has 4 aromatic rings. The molecule has 1 unspecified atom stereocenters. The van der Waals surface area contributed by atoms with Crippen molar-refractivity contribution in [3.8, 4) is 5.82 Å². The lowest BCUT2D eigenvalue weighted by Gasteiger charge is -2.38. The molecule has 1 aliphatic heterocycles. The topological polar surface area (TPSA) is 66.8 Å². The second-order valence-electron chi connectivity index (χ2n) is 7.56. The summed E-state index contributed by atoms with van der Waals surface area (Å²) in [5.41, 5.74) is 4.17. The molecule has 142 valence electrons. The number of thiazole rings is 1. The molecule has 0 bridgehead atoms. The number of H-pyrrole nitrogens is 1. The van der Waals surface area contributed by atoms with Gasteiger partial charge >= 0.3 is 4.87 Å². The molecule has 1 atom stereocenters. The number of aromatic amines is 1. The molecule has 4 heterocycles. The van der Waals surface area contributed by atoms with Crippen molar-refractivity contribution in [2.45, 2.75) is 19.8 Å². The molecule has 1 aromatic carbocycles. The molecule has 0 amide bonds. The summed E-state index contributed by atoms with van der Waals surface area (Å²) in [6.07, 6.45) is 3.88. The Bertz CT molecular complexity index is 1180. The van der Waals surface area contributed by atoms with E-state index in [1.165, 1.54) is 17.0 Å². The molecule has 1 N–H and O–H groups in total. The Labute approximate surface area is 166 Å². The van der Waals surface area contributed by atoms with Gasteiger partial charge in [-0.1, -0.05) is 31.3 Å². The Hall–Kier alpha value is -2.93. The average Bonchev–Trinajstić information content (AvgIpc) is 3.30. The van der Waals surface area contributed by atoms with Crippen LogP contribution in [0.15, 0.2) is 53.6 Å². The number of nitrogens with zero attached hydrogens (tertiary/aromatic N) is 4. The zero-order valence-corrected chi connectivity index (χ0v) is 16.6. The van der Waals surface area contributed by atoms with Gasteiger partial charge in [-0.15, -0.1) is 0 Å². The first-order valence-electron chi connectivity index (χ1n) is 9.46. The molecule has 1 fully saturated rings. The van der Waals surface area contributed by atoms with Crippen LogP contribution < -0.4 is 9.77 Å². The highest BCUT2D eigenvalue weighted by Crippen LogP contribution is 2.27.